The molecule has 0 atom stereocenters. The topological polar surface area (TPSA) is 0 Å². The quantitative estimate of drug-likeness (QED) is 0.586. The lowest BCUT2D eigenvalue weighted by atomic mass is 9.98. The van der Waals surface area contributed by atoms with Crippen molar-refractivity contribution in [3.63, 3.8) is 0 Å². The van der Waals surface area contributed by atoms with Crippen LogP contribution < -0.4 is 0 Å². The highest BCUT2D eigenvalue weighted by molar-refractivity contribution is 5.41. The van der Waals surface area contributed by atoms with Gasteiger partial charge in [0.15, 0.2) is 0 Å². The Morgan fingerprint density at radius 2 is 1.13 bits per heavy atom. The first-order valence-electron chi connectivity index (χ1n) is 4.19. The first-order valence-corrected chi connectivity index (χ1v) is 4.19. The lowest BCUT2D eigenvalue weighted by molar-refractivity contribution is -0.140. The van der Waals surface area contributed by atoms with Crippen molar-refractivity contribution in [2.45, 2.75) is 26.9 Å². The normalized spacial score (nSPS) is 12.0. The minimum absolute atomic E-state index is 0.0852. The fraction of sp³-hybridized carbons (Fsp3) is 0.400. The maximum absolute atomic E-state index is 13.3. The standard InChI is InChI=1S/C10H9F5/c1-4-5(2)9(12)7(10(13,14)15)6(3)8(4)11/h1-3H3. The van der Waals surface area contributed by atoms with E-state index in [1.165, 1.54) is 6.92 Å². The van der Waals surface area contributed by atoms with Gasteiger partial charge in [0.25, 0.3) is 0 Å². The zero-order valence-corrected chi connectivity index (χ0v) is 8.39. The van der Waals surface area contributed by atoms with E-state index in [1.807, 2.05) is 0 Å². The summed E-state index contributed by atoms with van der Waals surface area (Å²) in [7, 11) is 0. The molecule has 0 heterocycles. The smallest absolute Gasteiger partial charge is 0.206 e. The van der Waals surface area contributed by atoms with Crippen molar-refractivity contribution in [1.29, 1.82) is 0 Å². The van der Waals surface area contributed by atoms with E-state index < -0.39 is 28.9 Å². The maximum Gasteiger partial charge on any atom is 0.419 e. The van der Waals surface area contributed by atoms with Crippen LogP contribution in [0.5, 0.6) is 0 Å². The molecular formula is C10H9F5. The maximum atomic E-state index is 13.3. The SMILES string of the molecule is Cc1c(C)c(F)c(C(F)(F)F)c(C)c1F. The van der Waals surface area contributed by atoms with Crippen molar-refractivity contribution < 1.29 is 22.0 Å². The summed E-state index contributed by atoms with van der Waals surface area (Å²) in [6.07, 6.45) is -4.87. The number of halogens is 5. The first-order chi connectivity index (χ1) is 6.68. The molecule has 1 rings (SSSR count). The van der Waals surface area contributed by atoms with Gasteiger partial charge in [-0.1, -0.05) is 0 Å². The van der Waals surface area contributed by atoms with Gasteiger partial charge in [-0.15, -0.1) is 0 Å². The summed E-state index contributed by atoms with van der Waals surface area (Å²) in [6, 6.07) is 0. The van der Waals surface area contributed by atoms with E-state index in [2.05, 4.69) is 0 Å². The van der Waals surface area contributed by atoms with Crippen LogP contribution in [0.2, 0.25) is 0 Å². The summed E-state index contributed by atoms with van der Waals surface area (Å²) < 4.78 is 63.8. The molecule has 0 aliphatic rings. The van der Waals surface area contributed by atoms with Crippen LogP contribution in [-0.2, 0) is 6.18 Å². The highest BCUT2D eigenvalue weighted by atomic mass is 19.4. The Labute approximate surface area is 83.7 Å². The van der Waals surface area contributed by atoms with Crippen LogP contribution in [0, 0.1) is 32.4 Å². The molecule has 15 heavy (non-hydrogen) atoms. The third kappa shape index (κ3) is 1.82. The van der Waals surface area contributed by atoms with E-state index in [4.69, 9.17) is 0 Å². The third-order valence-corrected chi connectivity index (χ3v) is 2.43. The summed E-state index contributed by atoms with van der Waals surface area (Å²) in [4.78, 5) is 0. The molecule has 0 aliphatic heterocycles. The minimum Gasteiger partial charge on any atom is -0.206 e. The Kier molecular flexibility index (Phi) is 2.76. The van der Waals surface area contributed by atoms with Crippen molar-refractivity contribution >= 4 is 0 Å². The molecule has 0 aliphatic carbocycles. The van der Waals surface area contributed by atoms with Gasteiger partial charge in [0.1, 0.15) is 11.6 Å². The van der Waals surface area contributed by atoms with Gasteiger partial charge in [-0.25, -0.2) is 8.78 Å². The number of hydrogen-bond acceptors (Lipinski definition) is 0. The Hall–Kier alpha value is -1.13. The van der Waals surface area contributed by atoms with Gasteiger partial charge in [0.2, 0.25) is 0 Å². The molecule has 0 bridgehead atoms. The van der Waals surface area contributed by atoms with Gasteiger partial charge in [-0.2, -0.15) is 13.2 Å². The zero-order chi connectivity index (χ0) is 12.0. The largest absolute Gasteiger partial charge is 0.419 e. The molecule has 0 radical (unpaired) electrons. The summed E-state index contributed by atoms with van der Waals surface area (Å²) in [5.74, 6) is -2.39. The fourth-order valence-corrected chi connectivity index (χ4v) is 1.41. The Balaban J connectivity index is 3.68. The lowest BCUT2D eigenvalue weighted by Crippen LogP contribution is -2.14. The predicted octanol–water partition coefficient (Wildman–Crippen LogP) is 3.91. The average Bonchev–Trinajstić information content (AvgIpc) is 2.09. The van der Waals surface area contributed by atoms with Gasteiger partial charge in [-0.05, 0) is 31.9 Å². The molecule has 0 spiro atoms. The predicted molar refractivity (Wildman–Crippen MR) is 45.6 cm³/mol. The summed E-state index contributed by atoms with van der Waals surface area (Å²) >= 11 is 0. The number of hydrogen-bond donors (Lipinski definition) is 0. The fourth-order valence-electron chi connectivity index (χ4n) is 1.41. The van der Waals surface area contributed by atoms with Gasteiger partial charge in [0.05, 0.1) is 5.56 Å². The van der Waals surface area contributed by atoms with Gasteiger partial charge >= 0.3 is 6.18 Å². The van der Waals surface area contributed by atoms with E-state index >= 15 is 0 Å². The summed E-state index contributed by atoms with van der Waals surface area (Å²) in [6.45, 7) is 3.30. The van der Waals surface area contributed by atoms with Crippen molar-refractivity contribution in [3.8, 4) is 0 Å². The summed E-state index contributed by atoms with van der Waals surface area (Å²) in [5, 5.41) is 0. The second-order valence-electron chi connectivity index (χ2n) is 3.38. The van der Waals surface area contributed by atoms with Crippen LogP contribution in [0.25, 0.3) is 0 Å². The molecule has 1 aromatic carbocycles. The van der Waals surface area contributed by atoms with Gasteiger partial charge in [0, 0.05) is 5.56 Å². The second kappa shape index (κ2) is 3.47. The molecule has 0 fully saturated rings. The van der Waals surface area contributed by atoms with Crippen LogP contribution >= 0.6 is 0 Å². The van der Waals surface area contributed by atoms with Crippen molar-refractivity contribution in [2.75, 3.05) is 0 Å². The third-order valence-electron chi connectivity index (χ3n) is 2.43. The van der Waals surface area contributed by atoms with E-state index in [-0.39, 0.29) is 11.1 Å². The molecule has 5 heteroatoms. The van der Waals surface area contributed by atoms with Crippen LogP contribution in [0.4, 0.5) is 22.0 Å². The molecule has 0 amide bonds. The van der Waals surface area contributed by atoms with Crippen LogP contribution in [0.3, 0.4) is 0 Å². The van der Waals surface area contributed by atoms with E-state index in [1.54, 1.807) is 0 Å². The Bertz CT molecular complexity index is 374. The van der Waals surface area contributed by atoms with Crippen molar-refractivity contribution in [1.82, 2.24) is 0 Å². The number of rotatable bonds is 0. The molecule has 0 saturated carbocycles. The molecule has 0 saturated heterocycles. The minimum atomic E-state index is -4.87. The summed E-state index contributed by atoms with van der Waals surface area (Å²) in [5.41, 5.74) is -2.59. The second-order valence-corrected chi connectivity index (χ2v) is 3.38. The Morgan fingerprint density at radius 3 is 1.53 bits per heavy atom. The average molecular weight is 224 g/mol. The van der Waals surface area contributed by atoms with E-state index in [0.29, 0.717) is 0 Å². The molecular weight excluding hydrogens is 215 g/mol. The molecule has 0 N–H and O–H groups in total. The van der Waals surface area contributed by atoms with E-state index in [9.17, 15) is 22.0 Å². The molecule has 1 aromatic rings. The highest BCUT2D eigenvalue weighted by Gasteiger charge is 2.38. The molecule has 0 nitrogen and oxygen atoms in total. The van der Waals surface area contributed by atoms with E-state index in [0.717, 1.165) is 13.8 Å². The van der Waals surface area contributed by atoms with Crippen molar-refractivity contribution in [2.24, 2.45) is 0 Å². The molecule has 84 valence electrons. The van der Waals surface area contributed by atoms with Crippen LogP contribution in [0.1, 0.15) is 22.3 Å². The van der Waals surface area contributed by atoms with Crippen molar-refractivity contribution in [3.05, 3.63) is 33.9 Å². The number of benzene rings is 1. The highest BCUT2D eigenvalue weighted by Crippen LogP contribution is 2.37. The number of alkyl halides is 3. The first kappa shape index (κ1) is 11.9. The lowest BCUT2D eigenvalue weighted by Gasteiger charge is -2.15. The zero-order valence-electron chi connectivity index (χ0n) is 8.39. The monoisotopic (exact) mass is 224 g/mol. The van der Waals surface area contributed by atoms with Gasteiger partial charge in [-0.3, -0.25) is 0 Å². The molecule has 0 unspecified atom stereocenters. The van der Waals surface area contributed by atoms with Gasteiger partial charge < -0.3 is 0 Å². The van der Waals surface area contributed by atoms with Crippen LogP contribution in [-0.4, -0.2) is 0 Å². The Morgan fingerprint density at radius 1 is 0.733 bits per heavy atom. The molecule has 0 aromatic heterocycles. The van der Waals surface area contributed by atoms with Crippen LogP contribution in [0.15, 0.2) is 0 Å².